The summed E-state index contributed by atoms with van der Waals surface area (Å²) in [6.07, 6.45) is 4.92. The average molecular weight is 375 g/mol. The van der Waals surface area contributed by atoms with Crippen molar-refractivity contribution in [1.29, 1.82) is 0 Å². The van der Waals surface area contributed by atoms with Crippen molar-refractivity contribution in [3.05, 3.63) is 35.6 Å². The highest BCUT2D eigenvalue weighted by molar-refractivity contribution is 5.89. The Morgan fingerprint density at radius 2 is 1.96 bits per heavy atom. The van der Waals surface area contributed by atoms with E-state index in [4.69, 9.17) is 4.74 Å². The SMILES string of the molecule is CC1NC2NC3CCCCC3N2C(=O)C1CCOC(=O)c1ccc(F)cc1. The molecular weight excluding hydrogens is 349 g/mol. The molecule has 1 aliphatic carbocycles. The van der Waals surface area contributed by atoms with E-state index in [0.29, 0.717) is 18.0 Å². The second kappa shape index (κ2) is 7.56. The van der Waals surface area contributed by atoms with Gasteiger partial charge in [0.1, 0.15) is 12.1 Å². The molecule has 0 aromatic heterocycles. The predicted octanol–water partition coefficient (Wildman–Crippen LogP) is 2.01. The van der Waals surface area contributed by atoms with Crippen molar-refractivity contribution in [2.24, 2.45) is 5.92 Å². The van der Waals surface area contributed by atoms with Crippen LogP contribution in [0.4, 0.5) is 4.39 Å². The highest BCUT2D eigenvalue weighted by atomic mass is 19.1. The molecule has 4 rings (SSSR count). The number of halogens is 1. The average Bonchev–Trinajstić information content (AvgIpc) is 3.03. The molecule has 3 fully saturated rings. The minimum Gasteiger partial charge on any atom is -0.462 e. The van der Waals surface area contributed by atoms with Crippen LogP contribution < -0.4 is 10.6 Å². The molecule has 1 aromatic rings. The number of carbonyl (C=O) groups is 2. The largest absolute Gasteiger partial charge is 0.462 e. The number of rotatable bonds is 4. The van der Waals surface area contributed by atoms with Crippen molar-refractivity contribution in [1.82, 2.24) is 15.5 Å². The Labute approximate surface area is 158 Å². The van der Waals surface area contributed by atoms with Gasteiger partial charge >= 0.3 is 5.97 Å². The molecule has 0 radical (unpaired) electrons. The zero-order valence-electron chi connectivity index (χ0n) is 15.5. The molecule has 27 heavy (non-hydrogen) atoms. The van der Waals surface area contributed by atoms with Crippen LogP contribution in [-0.4, -0.2) is 47.8 Å². The third-order valence-electron chi connectivity index (χ3n) is 6.07. The molecule has 146 valence electrons. The van der Waals surface area contributed by atoms with Crippen molar-refractivity contribution in [2.75, 3.05) is 6.61 Å². The van der Waals surface area contributed by atoms with Crippen LogP contribution in [-0.2, 0) is 9.53 Å². The van der Waals surface area contributed by atoms with Gasteiger partial charge in [0, 0.05) is 18.1 Å². The fourth-order valence-electron chi connectivity index (χ4n) is 4.62. The minimum atomic E-state index is -0.494. The van der Waals surface area contributed by atoms with Gasteiger partial charge in [-0.1, -0.05) is 12.8 Å². The molecule has 7 heteroatoms. The second-order valence-electron chi connectivity index (χ2n) is 7.77. The van der Waals surface area contributed by atoms with E-state index in [1.165, 1.54) is 30.7 Å². The Kier molecular flexibility index (Phi) is 5.14. The number of ether oxygens (including phenoxy) is 1. The fraction of sp³-hybridized carbons (Fsp3) is 0.600. The molecule has 5 unspecified atom stereocenters. The van der Waals surface area contributed by atoms with Crippen LogP contribution in [0.3, 0.4) is 0 Å². The topological polar surface area (TPSA) is 70.7 Å². The fourth-order valence-corrected chi connectivity index (χ4v) is 4.62. The Morgan fingerprint density at radius 1 is 1.22 bits per heavy atom. The summed E-state index contributed by atoms with van der Waals surface area (Å²) in [5.74, 6) is -0.961. The van der Waals surface area contributed by atoms with Crippen LogP contribution in [0.5, 0.6) is 0 Å². The van der Waals surface area contributed by atoms with Crippen molar-refractivity contribution >= 4 is 11.9 Å². The van der Waals surface area contributed by atoms with Gasteiger partial charge in [0.15, 0.2) is 0 Å². The summed E-state index contributed by atoms with van der Waals surface area (Å²) in [5.41, 5.74) is 0.311. The van der Waals surface area contributed by atoms with Gasteiger partial charge in [0.2, 0.25) is 5.91 Å². The summed E-state index contributed by atoms with van der Waals surface area (Å²) in [5, 5.41) is 7.06. The molecule has 5 atom stereocenters. The number of nitrogens with zero attached hydrogens (tertiary/aromatic N) is 1. The molecule has 2 heterocycles. The lowest BCUT2D eigenvalue weighted by atomic mass is 9.88. The number of esters is 1. The summed E-state index contributed by atoms with van der Waals surface area (Å²) >= 11 is 0. The van der Waals surface area contributed by atoms with Gasteiger partial charge in [-0.15, -0.1) is 0 Å². The third kappa shape index (κ3) is 3.58. The summed E-state index contributed by atoms with van der Waals surface area (Å²) in [7, 11) is 0. The minimum absolute atomic E-state index is 0.0101. The van der Waals surface area contributed by atoms with Gasteiger partial charge in [-0.25, -0.2) is 9.18 Å². The zero-order chi connectivity index (χ0) is 19.0. The van der Waals surface area contributed by atoms with Gasteiger partial charge < -0.3 is 9.64 Å². The normalized spacial score (nSPS) is 32.7. The van der Waals surface area contributed by atoms with Crippen LogP contribution in [0.15, 0.2) is 24.3 Å². The van der Waals surface area contributed by atoms with E-state index in [1.54, 1.807) is 0 Å². The second-order valence-corrected chi connectivity index (χ2v) is 7.77. The molecule has 2 saturated heterocycles. The summed E-state index contributed by atoms with van der Waals surface area (Å²) < 4.78 is 18.3. The monoisotopic (exact) mass is 375 g/mol. The maximum Gasteiger partial charge on any atom is 0.338 e. The molecule has 1 amide bonds. The predicted molar refractivity (Wildman–Crippen MR) is 97.2 cm³/mol. The Bertz CT molecular complexity index is 711. The van der Waals surface area contributed by atoms with Crippen LogP contribution in [0.2, 0.25) is 0 Å². The molecular formula is C20H26FN3O3. The van der Waals surface area contributed by atoms with E-state index >= 15 is 0 Å². The van der Waals surface area contributed by atoms with E-state index in [1.807, 2.05) is 11.8 Å². The van der Waals surface area contributed by atoms with Gasteiger partial charge in [-0.2, -0.15) is 0 Å². The smallest absolute Gasteiger partial charge is 0.338 e. The number of hydrogen-bond donors (Lipinski definition) is 2. The van der Waals surface area contributed by atoms with Crippen LogP contribution in [0, 0.1) is 11.7 Å². The molecule has 2 aliphatic heterocycles. The van der Waals surface area contributed by atoms with E-state index < -0.39 is 11.8 Å². The van der Waals surface area contributed by atoms with Crippen LogP contribution >= 0.6 is 0 Å². The highest BCUT2D eigenvalue weighted by Crippen LogP contribution is 2.34. The first-order valence-electron chi connectivity index (χ1n) is 9.81. The summed E-state index contributed by atoms with van der Waals surface area (Å²) in [6.45, 7) is 2.17. The first-order chi connectivity index (χ1) is 13.0. The summed E-state index contributed by atoms with van der Waals surface area (Å²) in [6, 6.07) is 5.91. The maximum absolute atomic E-state index is 13.1. The number of hydrogen-bond acceptors (Lipinski definition) is 5. The number of carbonyl (C=O) groups excluding carboxylic acids is 2. The Balaban J connectivity index is 1.35. The van der Waals surface area contributed by atoms with E-state index in [2.05, 4.69) is 10.6 Å². The molecule has 6 nitrogen and oxygen atoms in total. The highest BCUT2D eigenvalue weighted by Gasteiger charge is 2.50. The van der Waals surface area contributed by atoms with E-state index in [0.717, 1.165) is 19.3 Å². The Hall–Kier alpha value is -1.99. The van der Waals surface area contributed by atoms with E-state index in [9.17, 15) is 14.0 Å². The van der Waals surface area contributed by atoms with Crippen molar-refractivity contribution in [3.8, 4) is 0 Å². The number of nitrogens with one attached hydrogen (secondary N) is 2. The molecule has 1 aromatic carbocycles. The lowest BCUT2D eigenvalue weighted by Gasteiger charge is -2.42. The lowest BCUT2D eigenvalue weighted by molar-refractivity contribution is -0.146. The first kappa shape index (κ1) is 18.4. The van der Waals surface area contributed by atoms with Gasteiger partial charge in [-0.05, 0) is 50.5 Å². The van der Waals surface area contributed by atoms with Crippen molar-refractivity contribution in [3.63, 3.8) is 0 Å². The molecule has 2 N–H and O–H groups in total. The molecule has 3 aliphatic rings. The quantitative estimate of drug-likeness (QED) is 0.788. The maximum atomic E-state index is 13.1. The number of fused-ring (bicyclic) bond motifs is 3. The van der Waals surface area contributed by atoms with E-state index in [-0.39, 0.29) is 36.8 Å². The zero-order valence-corrected chi connectivity index (χ0v) is 15.5. The van der Waals surface area contributed by atoms with Gasteiger partial charge in [0.05, 0.1) is 18.1 Å². The van der Waals surface area contributed by atoms with Crippen molar-refractivity contribution < 1.29 is 18.7 Å². The molecule has 0 spiro atoms. The standard InChI is InChI=1S/C20H26FN3O3/c1-12-15(10-11-27-19(26)13-6-8-14(21)9-7-13)18(25)24-17-5-3-2-4-16(17)23-20(24)22-12/h6-9,12,15-17,20,22-23H,2-5,10-11H2,1H3. The molecule has 1 saturated carbocycles. The Morgan fingerprint density at radius 3 is 2.74 bits per heavy atom. The number of benzene rings is 1. The van der Waals surface area contributed by atoms with Crippen LogP contribution in [0.1, 0.15) is 49.4 Å². The molecule has 0 bridgehead atoms. The van der Waals surface area contributed by atoms with Gasteiger partial charge in [-0.3, -0.25) is 15.4 Å². The number of amides is 1. The summed E-state index contributed by atoms with van der Waals surface area (Å²) in [4.78, 5) is 27.2. The lowest BCUT2D eigenvalue weighted by Crippen LogP contribution is -2.64. The first-order valence-corrected chi connectivity index (χ1v) is 9.81. The van der Waals surface area contributed by atoms with Crippen molar-refractivity contribution in [2.45, 2.75) is 63.4 Å². The van der Waals surface area contributed by atoms with Crippen LogP contribution in [0.25, 0.3) is 0 Å². The third-order valence-corrected chi connectivity index (χ3v) is 6.07. The van der Waals surface area contributed by atoms with Gasteiger partial charge in [0.25, 0.3) is 0 Å².